The predicted molar refractivity (Wildman–Crippen MR) is 76.2 cm³/mol. The van der Waals surface area contributed by atoms with Crippen LogP contribution in [0.15, 0.2) is 43.0 Å². The molecular weight excluding hydrogens is 252 g/mol. The first-order chi connectivity index (χ1) is 9.74. The molecule has 5 nitrogen and oxygen atoms in total. The summed E-state index contributed by atoms with van der Waals surface area (Å²) >= 11 is 0. The third-order valence-electron chi connectivity index (χ3n) is 3.26. The number of aromatic amines is 1. The number of amides is 1. The Morgan fingerprint density at radius 3 is 3.10 bits per heavy atom. The van der Waals surface area contributed by atoms with Crippen molar-refractivity contribution in [1.82, 2.24) is 20.3 Å². The summed E-state index contributed by atoms with van der Waals surface area (Å²) in [5, 5.41) is 2.91. The molecule has 0 atom stereocenters. The zero-order valence-electron chi connectivity index (χ0n) is 11.1. The van der Waals surface area contributed by atoms with Crippen LogP contribution in [0.25, 0.3) is 11.0 Å². The van der Waals surface area contributed by atoms with Gasteiger partial charge in [-0.3, -0.25) is 9.78 Å². The van der Waals surface area contributed by atoms with E-state index in [0.717, 1.165) is 22.2 Å². The number of fused-ring (bicyclic) bond motifs is 1. The summed E-state index contributed by atoms with van der Waals surface area (Å²) in [6, 6.07) is 7.32. The minimum absolute atomic E-state index is 0.0993. The maximum atomic E-state index is 12.1. The molecular formula is C15H14N4O. The first-order valence-corrected chi connectivity index (χ1v) is 6.35. The third kappa shape index (κ3) is 2.38. The van der Waals surface area contributed by atoms with Crippen LogP contribution in [0, 0.1) is 6.92 Å². The quantitative estimate of drug-likeness (QED) is 0.763. The lowest BCUT2D eigenvalue weighted by Crippen LogP contribution is -2.23. The Kier molecular flexibility index (Phi) is 3.16. The number of pyridine rings is 1. The molecule has 0 saturated carbocycles. The summed E-state index contributed by atoms with van der Waals surface area (Å²) in [7, 11) is 0. The highest BCUT2D eigenvalue weighted by Crippen LogP contribution is 2.12. The summed E-state index contributed by atoms with van der Waals surface area (Å²) in [5.41, 5.74) is 4.46. The summed E-state index contributed by atoms with van der Waals surface area (Å²) in [5.74, 6) is -0.0993. The van der Waals surface area contributed by atoms with Crippen LogP contribution < -0.4 is 5.32 Å². The van der Waals surface area contributed by atoms with Gasteiger partial charge in [-0.2, -0.15) is 0 Å². The lowest BCUT2D eigenvalue weighted by molar-refractivity contribution is 0.0951. The predicted octanol–water partition coefficient (Wildman–Crippen LogP) is 2.20. The van der Waals surface area contributed by atoms with Crippen molar-refractivity contribution < 1.29 is 4.79 Å². The van der Waals surface area contributed by atoms with E-state index in [1.165, 1.54) is 0 Å². The van der Waals surface area contributed by atoms with Gasteiger partial charge in [-0.25, -0.2) is 4.98 Å². The molecule has 20 heavy (non-hydrogen) atoms. The van der Waals surface area contributed by atoms with Gasteiger partial charge < -0.3 is 10.3 Å². The number of nitrogens with one attached hydrogen (secondary N) is 2. The van der Waals surface area contributed by atoms with Crippen molar-refractivity contribution in [2.75, 3.05) is 0 Å². The van der Waals surface area contributed by atoms with Gasteiger partial charge in [-0.15, -0.1) is 0 Å². The molecule has 1 amide bonds. The molecule has 0 aliphatic heterocycles. The van der Waals surface area contributed by atoms with Crippen LogP contribution in [0.5, 0.6) is 0 Å². The molecule has 0 spiro atoms. The summed E-state index contributed by atoms with van der Waals surface area (Å²) < 4.78 is 0. The monoisotopic (exact) mass is 266 g/mol. The lowest BCUT2D eigenvalue weighted by atomic mass is 10.1. The van der Waals surface area contributed by atoms with Crippen molar-refractivity contribution in [2.45, 2.75) is 13.5 Å². The SMILES string of the molecule is Cc1cnccc1CNC(=O)c1ccc2nc[nH]c2c1. The number of carbonyl (C=O) groups is 1. The number of imidazole rings is 1. The van der Waals surface area contributed by atoms with E-state index in [0.29, 0.717) is 12.1 Å². The van der Waals surface area contributed by atoms with Crippen LogP contribution in [0.2, 0.25) is 0 Å². The molecule has 0 saturated heterocycles. The summed E-state index contributed by atoms with van der Waals surface area (Å²) in [4.78, 5) is 23.3. The molecule has 0 radical (unpaired) electrons. The van der Waals surface area contributed by atoms with Gasteiger partial charge >= 0.3 is 0 Å². The fourth-order valence-corrected chi connectivity index (χ4v) is 2.05. The number of aryl methyl sites for hydroxylation is 1. The fraction of sp³-hybridized carbons (Fsp3) is 0.133. The van der Waals surface area contributed by atoms with Gasteiger partial charge in [-0.1, -0.05) is 0 Å². The van der Waals surface area contributed by atoms with Gasteiger partial charge in [0.05, 0.1) is 17.4 Å². The topological polar surface area (TPSA) is 70.7 Å². The summed E-state index contributed by atoms with van der Waals surface area (Å²) in [6.45, 7) is 2.47. The van der Waals surface area contributed by atoms with Crippen LogP contribution in [0.1, 0.15) is 21.5 Å². The van der Waals surface area contributed by atoms with E-state index in [1.54, 1.807) is 30.9 Å². The zero-order valence-corrected chi connectivity index (χ0v) is 11.1. The van der Waals surface area contributed by atoms with Crippen molar-refractivity contribution in [3.05, 3.63) is 59.7 Å². The smallest absolute Gasteiger partial charge is 0.251 e. The van der Waals surface area contributed by atoms with Crippen molar-refractivity contribution in [2.24, 2.45) is 0 Å². The Bertz CT molecular complexity index is 763. The molecule has 3 aromatic rings. The summed E-state index contributed by atoms with van der Waals surface area (Å²) in [6.07, 6.45) is 5.13. The van der Waals surface area contributed by atoms with Gasteiger partial charge in [-0.05, 0) is 42.3 Å². The van der Waals surface area contributed by atoms with E-state index in [4.69, 9.17) is 0 Å². The van der Waals surface area contributed by atoms with E-state index in [2.05, 4.69) is 20.3 Å². The second kappa shape index (κ2) is 5.13. The number of carbonyl (C=O) groups excluding carboxylic acids is 1. The second-order valence-electron chi connectivity index (χ2n) is 4.62. The Labute approximate surface area is 116 Å². The average Bonchev–Trinajstić information content (AvgIpc) is 2.93. The number of benzene rings is 1. The lowest BCUT2D eigenvalue weighted by Gasteiger charge is -2.07. The molecule has 2 heterocycles. The average molecular weight is 266 g/mol. The maximum absolute atomic E-state index is 12.1. The molecule has 1 aromatic carbocycles. The largest absolute Gasteiger partial charge is 0.348 e. The number of H-pyrrole nitrogens is 1. The van der Waals surface area contributed by atoms with E-state index in [1.807, 2.05) is 19.1 Å². The second-order valence-corrected chi connectivity index (χ2v) is 4.62. The number of nitrogens with zero attached hydrogens (tertiary/aromatic N) is 2. The molecule has 2 N–H and O–H groups in total. The van der Waals surface area contributed by atoms with Crippen LogP contribution in [-0.2, 0) is 6.54 Å². The van der Waals surface area contributed by atoms with Gasteiger partial charge in [0.25, 0.3) is 5.91 Å². The normalized spacial score (nSPS) is 10.7. The highest BCUT2D eigenvalue weighted by Gasteiger charge is 2.07. The maximum Gasteiger partial charge on any atom is 0.251 e. The highest BCUT2D eigenvalue weighted by molar-refractivity contribution is 5.97. The third-order valence-corrected chi connectivity index (χ3v) is 3.26. The Morgan fingerprint density at radius 1 is 1.35 bits per heavy atom. The molecule has 2 aromatic heterocycles. The van der Waals surface area contributed by atoms with Gasteiger partial charge in [0.15, 0.2) is 0 Å². The van der Waals surface area contributed by atoms with E-state index < -0.39 is 0 Å². The molecule has 0 bridgehead atoms. The highest BCUT2D eigenvalue weighted by atomic mass is 16.1. The van der Waals surface area contributed by atoms with E-state index in [9.17, 15) is 4.79 Å². The molecule has 100 valence electrons. The van der Waals surface area contributed by atoms with E-state index >= 15 is 0 Å². The fourth-order valence-electron chi connectivity index (χ4n) is 2.05. The van der Waals surface area contributed by atoms with Gasteiger partial charge in [0.2, 0.25) is 0 Å². The van der Waals surface area contributed by atoms with Crippen molar-refractivity contribution >= 4 is 16.9 Å². The number of aromatic nitrogens is 3. The Balaban J connectivity index is 1.74. The minimum atomic E-state index is -0.0993. The van der Waals surface area contributed by atoms with Gasteiger partial charge in [0.1, 0.15) is 0 Å². The number of rotatable bonds is 3. The first-order valence-electron chi connectivity index (χ1n) is 6.35. The zero-order chi connectivity index (χ0) is 13.9. The molecule has 0 aliphatic rings. The van der Waals surface area contributed by atoms with Crippen molar-refractivity contribution in [1.29, 1.82) is 0 Å². The van der Waals surface area contributed by atoms with Crippen molar-refractivity contribution in [3.8, 4) is 0 Å². The molecule has 0 fully saturated rings. The molecule has 5 heteroatoms. The Morgan fingerprint density at radius 2 is 2.25 bits per heavy atom. The van der Waals surface area contributed by atoms with Crippen LogP contribution in [0.4, 0.5) is 0 Å². The molecule has 3 rings (SSSR count). The molecule has 0 aliphatic carbocycles. The van der Waals surface area contributed by atoms with E-state index in [-0.39, 0.29) is 5.91 Å². The van der Waals surface area contributed by atoms with Gasteiger partial charge in [0, 0.05) is 24.5 Å². The first kappa shape index (κ1) is 12.3. The number of hydrogen-bond donors (Lipinski definition) is 2. The van der Waals surface area contributed by atoms with Crippen LogP contribution >= 0.6 is 0 Å². The molecule has 0 unspecified atom stereocenters. The van der Waals surface area contributed by atoms with Crippen LogP contribution in [0.3, 0.4) is 0 Å². The Hall–Kier alpha value is -2.69. The van der Waals surface area contributed by atoms with Crippen molar-refractivity contribution in [3.63, 3.8) is 0 Å². The number of hydrogen-bond acceptors (Lipinski definition) is 3. The van der Waals surface area contributed by atoms with Crippen LogP contribution in [-0.4, -0.2) is 20.9 Å². The standard InChI is InChI=1S/C15H14N4O/c1-10-7-16-5-4-12(10)8-17-15(20)11-2-3-13-14(6-11)19-9-18-13/h2-7,9H,8H2,1H3,(H,17,20)(H,18,19). The minimum Gasteiger partial charge on any atom is -0.348 e.